The van der Waals surface area contributed by atoms with Gasteiger partial charge >= 0.3 is 5.97 Å². The van der Waals surface area contributed by atoms with Crippen molar-refractivity contribution in [2.24, 2.45) is 5.73 Å². The molecule has 0 unspecified atom stereocenters. The minimum Gasteiger partial charge on any atom is -0.507 e. The number of aromatic hydroxyl groups is 1. The maximum atomic E-state index is 14.7. The summed E-state index contributed by atoms with van der Waals surface area (Å²) >= 11 is 8.85. The number of anilines is 1. The lowest BCUT2D eigenvalue weighted by Crippen LogP contribution is -2.13. The average molecular weight is 589 g/mol. The van der Waals surface area contributed by atoms with Gasteiger partial charge in [-0.2, -0.15) is 0 Å². The fraction of sp³-hybridized carbons (Fsp3) is 0.111. The van der Waals surface area contributed by atoms with Gasteiger partial charge < -0.3 is 29.8 Å². The summed E-state index contributed by atoms with van der Waals surface area (Å²) in [5, 5.41) is 10.4. The van der Waals surface area contributed by atoms with Crippen LogP contribution in [0.1, 0.15) is 20.7 Å². The highest BCUT2D eigenvalue weighted by molar-refractivity contribution is 8.02. The molecule has 0 radical (unpaired) electrons. The van der Waals surface area contributed by atoms with Crippen LogP contribution in [0.15, 0.2) is 70.9 Å². The molecule has 0 fully saturated rings. The number of nitrogens with two attached hydrogens (primary N) is 1. The van der Waals surface area contributed by atoms with Gasteiger partial charge in [-0.15, -0.1) is 11.3 Å². The minimum absolute atomic E-state index is 0.0174. The highest BCUT2D eigenvalue weighted by atomic mass is 35.5. The molecule has 0 aliphatic carbocycles. The van der Waals surface area contributed by atoms with Crippen molar-refractivity contribution in [1.29, 1.82) is 0 Å². The Labute approximate surface area is 236 Å². The number of phenolic OH excluding ortho intramolecular Hbond substituents is 1. The number of esters is 1. The Hall–Kier alpha value is -3.93. The maximum Gasteiger partial charge on any atom is 0.342 e. The zero-order chi connectivity index (χ0) is 27.9. The Morgan fingerprint density at radius 3 is 2.62 bits per heavy atom. The molecule has 1 amide bonds. The smallest absolute Gasteiger partial charge is 0.342 e. The second kappa shape index (κ2) is 12.7. The van der Waals surface area contributed by atoms with E-state index in [4.69, 9.17) is 31.5 Å². The summed E-state index contributed by atoms with van der Waals surface area (Å²) < 4.78 is 34.6. The molecule has 3 aromatic carbocycles. The monoisotopic (exact) mass is 588 g/mol. The van der Waals surface area contributed by atoms with Gasteiger partial charge in [0.2, 0.25) is 5.91 Å². The van der Waals surface area contributed by atoms with E-state index >= 15 is 0 Å². The number of ether oxygens (including phenoxy) is 3. The van der Waals surface area contributed by atoms with Gasteiger partial charge in [-0.05, 0) is 54.4 Å². The van der Waals surface area contributed by atoms with Gasteiger partial charge in [-0.25, -0.2) is 9.18 Å². The zero-order valence-electron chi connectivity index (χ0n) is 20.4. The summed E-state index contributed by atoms with van der Waals surface area (Å²) in [6.45, 7) is -0.0414. The van der Waals surface area contributed by atoms with Crippen molar-refractivity contribution in [2.45, 2.75) is 4.21 Å². The minimum atomic E-state index is -0.726. The number of phenols is 1. The Morgan fingerprint density at radius 1 is 1.08 bits per heavy atom. The molecule has 12 heteroatoms. The van der Waals surface area contributed by atoms with Crippen molar-refractivity contribution < 1.29 is 33.3 Å². The Balaban J connectivity index is 1.31. The van der Waals surface area contributed by atoms with Crippen LogP contribution in [0.25, 0.3) is 11.1 Å². The van der Waals surface area contributed by atoms with Gasteiger partial charge in [0, 0.05) is 28.4 Å². The number of amides is 1. The van der Waals surface area contributed by atoms with E-state index in [2.05, 4.69) is 4.72 Å². The Bertz CT molecular complexity index is 1510. The predicted octanol–water partition coefficient (Wildman–Crippen LogP) is 6.38. The van der Waals surface area contributed by atoms with Gasteiger partial charge in [-0.3, -0.25) is 4.79 Å². The molecule has 4 aromatic rings. The number of benzene rings is 3. The molecule has 39 heavy (non-hydrogen) atoms. The molecule has 0 spiro atoms. The molecule has 4 N–H and O–H groups in total. The van der Waals surface area contributed by atoms with Crippen molar-refractivity contribution in [3.8, 4) is 28.4 Å². The summed E-state index contributed by atoms with van der Waals surface area (Å²) in [5.74, 6) is -1.54. The molecular weight excluding hydrogens is 567 g/mol. The maximum absolute atomic E-state index is 14.7. The quantitative estimate of drug-likeness (QED) is 0.105. The van der Waals surface area contributed by atoms with Crippen molar-refractivity contribution >= 4 is 52.4 Å². The van der Waals surface area contributed by atoms with Gasteiger partial charge in [0.1, 0.15) is 34.6 Å². The third-order valence-electron chi connectivity index (χ3n) is 5.33. The molecule has 0 bridgehead atoms. The van der Waals surface area contributed by atoms with Crippen LogP contribution >= 0.6 is 34.9 Å². The first kappa shape index (κ1) is 28.1. The van der Waals surface area contributed by atoms with Crippen molar-refractivity contribution in [3.63, 3.8) is 0 Å². The van der Waals surface area contributed by atoms with Crippen LogP contribution < -0.4 is 19.9 Å². The van der Waals surface area contributed by atoms with Gasteiger partial charge in [0.05, 0.1) is 11.3 Å². The van der Waals surface area contributed by atoms with Gasteiger partial charge in [0.15, 0.2) is 11.6 Å². The van der Waals surface area contributed by atoms with Crippen LogP contribution in [0, 0.1) is 5.82 Å². The van der Waals surface area contributed by atoms with E-state index in [1.54, 1.807) is 42.5 Å². The first-order valence-electron chi connectivity index (χ1n) is 11.3. The number of carbonyl (C=O) groups is 2. The van der Waals surface area contributed by atoms with Crippen LogP contribution in [0.3, 0.4) is 0 Å². The molecule has 0 saturated heterocycles. The number of rotatable bonds is 11. The van der Waals surface area contributed by atoms with Crippen molar-refractivity contribution in [1.82, 2.24) is 0 Å². The summed E-state index contributed by atoms with van der Waals surface area (Å²) in [7, 11) is 1.40. The van der Waals surface area contributed by atoms with E-state index in [1.165, 1.54) is 54.7 Å². The van der Waals surface area contributed by atoms with Crippen LogP contribution in [0.2, 0.25) is 4.34 Å². The number of carbonyl (C=O) groups excluding carboxylic acids is 2. The molecule has 1 heterocycles. The number of methoxy groups -OCH3 is 1. The first-order valence-corrected chi connectivity index (χ1v) is 13.4. The van der Waals surface area contributed by atoms with Crippen LogP contribution in [0.5, 0.6) is 17.2 Å². The second-order valence-corrected chi connectivity index (χ2v) is 10.6. The van der Waals surface area contributed by atoms with Crippen molar-refractivity contribution in [3.05, 3.63) is 88.0 Å². The summed E-state index contributed by atoms with van der Waals surface area (Å²) in [6.07, 6.45) is 0. The fourth-order valence-electron chi connectivity index (χ4n) is 3.45. The van der Waals surface area contributed by atoms with Crippen LogP contribution in [0.4, 0.5) is 10.1 Å². The van der Waals surface area contributed by atoms with Gasteiger partial charge in [-0.1, -0.05) is 29.8 Å². The molecule has 202 valence electrons. The lowest BCUT2D eigenvalue weighted by molar-refractivity contribution is 0.0447. The van der Waals surface area contributed by atoms with E-state index in [0.29, 0.717) is 32.5 Å². The number of halogens is 2. The lowest BCUT2D eigenvalue weighted by Gasteiger charge is -2.10. The highest BCUT2D eigenvalue weighted by Gasteiger charge is 2.17. The second-order valence-electron chi connectivity index (χ2n) is 7.89. The zero-order valence-corrected chi connectivity index (χ0v) is 22.8. The third-order valence-corrected chi connectivity index (χ3v) is 7.64. The molecule has 0 atom stereocenters. The molecule has 8 nitrogen and oxygen atoms in total. The molecular formula is C27H22ClFN2O6S2. The van der Waals surface area contributed by atoms with E-state index in [9.17, 15) is 19.1 Å². The number of primary amides is 1. The van der Waals surface area contributed by atoms with Crippen LogP contribution in [-0.4, -0.2) is 37.3 Å². The molecule has 1 aromatic heterocycles. The largest absolute Gasteiger partial charge is 0.507 e. The standard InChI is InChI=1S/C27H22ClFN2O6S2/c1-35-22-7-3-6-18(24(22)29)20-14-23(38-25(20)28)39-31-16-8-9-19(21(32)13-16)27(34)37-11-10-36-17-5-2-4-15(12-17)26(30)33/h2-9,12-14,31-32H,10-11H2,1H3,(H2,30,33). The summed E-state index contributed by atoms with van der Waals surface area (Å²) in [5.41, 5.74) is 6.91. The number of thiophene rings is 1. The average Bonchev–Trinajstić information content (AvgIpc) is 3.30. The van der Waals surface area contributed by atoms with E-state index in [0.717, 1.165) is 4.21 Å². The fourth-order valence-corrected chi connectivity index (χ4v) is 5.68. The molecule has 0 saturated carbocycles. The van der Waals surface area contributed by atoms with Gasteiger partial charge in [0.25, 0.3) is 0 Å². The third kappa shape index (κ3) is 6.94. The number of nitrogens with one attached hydrogen (secondary N) is 1. The summed E-state index contributed by atoms with van der Waals surface area (Å²) in [4.78, 5) is 23.6. The first-order chi connectivity index (χ1) is 18.8. The molecule has 4 rings (SSSR count). The van der Waals surface area contributed by atoms with E-state index in [-0.39, 0.29) is 30.3 Å². The lowest BCUT2D eigenvalue weighted by atomic mass is 10.1. The van der Waals surface area contributed by atoms with E-state index in [1.807, 2.05) is 0 Å². The number of hydrogen-bond acceptors (Lipinski definition) is 9. The Morgan fingerprint density at radius 2 is 1.87 bits per heavy atom. The molecule has 0 aliphatic heterocycles. The highest BCUT2D eigenvalue weighted by Crippen LogP contribution is 2.42. The summed E-state index contributed by atoms with van der Waals surface area (Å²) in [6, 6.07) is 17.3. The van der Waals surface area contributed by atoms with Crippen molar-refractivity contribution in [2.75, 3.05) is 25.0 Å². The van der Waals surface area contributed by atoms with Crippen LogP contribution in [-0.2, 0) is 4.74 Å². The predicted molar refractivity (Wildman–Crippen MR) is 150 cm³/mol. The van der Waals surface area contributed by atoms with E-state index < -0.39 is 17.7 Å². The SMILES string of the molecule is COc1cccc(-c2cc(SNc3ccc(C(=O)OCCOc4cccc(C(N)=O)c4)c(O)c3)sc2Cl)c1F. The topological polar surface area (TPSA) is 120 Å². The molecule has 0 aliphatic rings. The number of hydrogen-bond donors (Lipinski definition) is 3. The normalized spacial score (nSPS) is 10.6. The Kier molecular flexibility index (Phi) is 9.18.